The van der Waals surface area contributed by atoms with Crippen LogP contribution in [0.15, 0.2) is 30.3 Å². The molecule has 162 valence electrons. The molecule has 0 aromatic heterocycles. The van der Waals surface area contributed by atoms with E-state index in [2.05, 4.69) is 5.32 Å². The van der Waals surface area contributed by atoms with Crippen molar-refractivity contribution in [2.75, 3.05) is 13.2 Å². The van der Waals surface area contributed by atoms with Gasteiger partial charge < -0.3 is 19.5 Å². The van der Waals surface area contributed by atoms with E-state index in [1.807, 2.05) is 30.3 Å². The Morgan fingerprint density at radius 2 is 1.48 bits per heavy atom. The number of hydrogen-bond donors (Lipinski definition) is 1. The van der Waals surface area contributed by atoms with E-state index in [0.717, 1.165) is 5.56 Å². The maximum Gasteiger partial charge on any atom is 0.407 e. The minimum absolute atomic E-state index is 0.143. The molecule has 1 aromatic rings. The van der Waals surface area contributed by atoms with E-state index in [9.17, 15) is 14.4 Å². The first kappa shape index (κ1) is 24.5. The fourth-order valence-electron chi connectivity index (χ4n) is 2.92. The molecule has 1 amide bonds. The molecule has 0 radical (unpaired) electrons. The average molecular weight is 408 g/mol. The van der Waals surface area contributed by atoms with E-state index in [1.165, 1.54) is 0 Å². The fraction of sp³-hybridized carbons (Fsp3) is 0.591. The van der Waals surface area contributed by atoms with E-state index in [0.29, 0.717) is 6.42 Å². The Morgan fingerprint density at radius 3 is 1.93 bits per heavy atom. The van der Waals surface area contributed by atoms with Gasteiger partial charge in [-0.3, -0.25) is 9.59 Å². The third-order valence-electron chi connectivity index (χ3n) is 4.24. The smallest absolute Gasteiger partial charge is 0.407 e. The molecule has 0 aliphatic heterocycles. The summed E-state index contributed by atoms with van der Waals surface area (Å²) in [4.78, 5) is 37.4. The first-order valence-corrected chi connectivity index (χ1v) is 9.95. The Hall–Kier alpha value is -2.57. The zero-order valence-electron chi connectivity index (χ0n) is 18.2. The van der Waals surface area contributed by atoms with Crippen LogP contribution in [0, 0.1) is 11.8 Å². The lowest BCUT2D eigenvalue weighted by atomic mass is 9.84. The minimum atomic E-state index is -1.15. The average Bonchev–Trinajstić information content (AvgIpc) is 2.61. The number of hydrogen-bond acceptors (Lipinski definition) is 6. The van der Waals surface area contributed by atoms with Gasteiger partial charge in [0.1, 0.15) is 5.60 Å². The zero-order chi connectivity index (χ0) is 22.0. The van der Waals surface area contributed by atoms with Crippen LogP contribution in [0.5, 0.6) is 0 Å². The highest BCUT2D eigenvalue weighted by Gasteiger charge is 2.40. The lowest BCUT2D eigenvalue weighted by Gasteiger charge is -2.30. The lowest BCUT2D eigenvalue weighted by molar-refractivity contribution is -0.164. The Kier molecular flexibility index (Phi) is 9.65. The highest BCUT2D eigenvalue weighted by Crippen LogP contribution is 2.23. The molecule has 0 bridgehead atoms. The Morgan fingerprint density at radius 1 is 0.966 bits per heavy atom. The second kappa shape index (κ2) is 11.4. The quantitative estimate of drug-likeness (QED) is 0.383. The van der Waals surface area contributed by atoms with Crippen molar-refractivity contribution in [3.8, 4) is 0 Å². The molecule has 1 N–H and O–H groups in total. The summed E-state index contributed by atoms with van der Waals surface area (Å²) in [5.74, 6) is -3.07. The van der Waals surface area contributed by atoms with Crippen LogP contribution in [0.25, 0.3) is 0 Å². The third-order valence-corrected chi connectivity index (χ3v) is 4.24. The SMILES string of the molecule is CCOC(=O)C(C(=O)OCC)C(C)C(Cc1ccccc1)NC(=O)OC(C)(C)C. The van der Waals surface area contributed by atoms with E-state index < -0.39 is 41.5 Å². The van der Waals surface area contributed by atoms with Crippen molar-refractivity contribution in [3.63, 3.8) is 0 Å². The number of amides is 1. The van der Waals surface area contributed by atoms with Gasteiger partial charge in [0.15, 0.2) is 5.92 Å². The lowest BCUT2D eigenvalue weighted by Crippen LogP contribution is -2.49. The van der Waals surface area contributed by atoms with Crippen LogP contribution >= 0.6 is 0 Å². The highest BCUT2D eigenvalue weighted by atomic mass is 16.6. The summed E-state index contributed by atoms with van der Waals surface area (Å²) >= 11 is 0. The van der Waals surface area contributed by atoms with Gasteiger partial charge in [0, 0.05) is 12.0 Å². The van der Waals surface area contributed by atoms with Crippen LogP contribution in [-0.2, 0) is 30.2 Å². The standard InChI is InChI=1S/C22H33NO6/c1-7-27-19(24)18(20(25)28-8-2)15(3)17(14-16-12-10-9-11-13-16)23-21(26)29-22(4,5)6/h9-13,15,17-18H,7-8,14H2,1-6H3,(H,23,26). The van der Waals surface area contributed by atoms with Gasteiger partial charge in [-0.1, -0.05) is 37.3 Å². The summed E-state index contributed by atoms with van der Waals surface area (Å²) in [6, 6.07) is 8.95. The number of carbonyl (C=O) groups excluding carboxylic acids is 3. The van der Waals surface area contributed by atoms with Crippen LogP contribution in [0.1, 0.15) is 47.1 Å². The van der Waals surface area contributed by atoms with Crippen molar-refractivity contribution in [2.45, 2.75) is 59.6 Å². The normalized spacial score (nSPS) is 13.3. The first-order chi connectivity index (χ1) is 13.6. The Labute approximate surface area is 173 Å². The van der Waals surface area contributed by atoms with E-state index in [1.54, 1.807) is 41.5 Å². The van der Waals surface area contributed by atoms with E-state index >= 15 is 0 Å². The molecule has 0 aliphatic rings. The maximum absolute atomic E-state index is 12.5. The molecule has 29 heavy (non-hydrogen) atoms. The molecule has 0 heterocycles. The molecule has 7 nitrogen and oxygen atoms in total. The molecular weight excluding hydrogens is 374 g/mol. The van der Waals surface area contributed by atoms with Crippen LogP contribution in [0.4, 0.5) is 4.79 Å². The van der Waals surface area contributed by atoms with Crippen LogP contribution < -0.4 is 5.32 Å². The van der Waals surface area contributed by atoms with Crippen molar-refractivity contribution >= 4 is 18.0 Å². The minimum Gasteiger partial charge on any atom is -0.465 e. The van der Waals surface area contributed by atoms with Crippen molar-refractivity contribution in [3.05, 3.63) is 35.9 Å². The topological polar surface area (TPSA) is 90.9 Å². The summed E-state index contributed by atoms with van der Waals surface area (Å²) in [5, 5.41) is 2.82. The Bertz CT molecular complexity index is 650. The van der Waals surface area contributed by atoms with Crippen molar-refractivity contribution in [2.24, 2.45) is 11.8 Å². The van der Waals surface area contributed by atoms with Gasteiger partial charge in [0.2, 0.25) is 0 Å². The second-order valence-electron chi connectivity index (χ2n) is 7.78. The molecule has 2 unspecified atom stereocenters. The molecule has 1 aromatic carbocycles. The van der Waals surface area contributed by atoms with Crippen molar-refractivity contribution < 1.29 is 28.6 Å². The fourth-order valence-corrected chi connectivity index (χ4v) is 2.92. The molecule has 0 spiro atoms. The van der Waals surface area contributed by atoms with Gasteiger partial charge in [0.05, 0.1) is 13.2 Å². The predicted octanol–water partition coefficient (Wildman–Crippen LogP) is 3.50. The monoisotopic (exact) mass is 407 g/mol. The van der Waals surface area contributed by atoms with Crippen LogP contribution in [-0.4, -0.2) is 42.9 Å². The van der Waals surface area contributed by atoms with Gasteiger partial charge in [-0.25, -0.2) is 4.79 Å². The van der Waals surface area contributed by atoms with Crippen LogP contribution in [0.3, 0.4) is 0 Å². The number of rotatable bonds is 9. The summed E-state index contributed by atoms with van der Waals surface area (Å²) in [5.41, 5.74) is 0.277. The first-order valence-electron chi connectivity index (χ1n) is 9.95. The number of carbonyl (C=O) groups is 3. The molecular formula is C22H33NO6. The molecule has 7 heteroatoms. The number of esters is 2. The number of nitrogens with one attached hydrogen (secondary N) is 1. The number of ether oxygens (including phenoxy) is 3. The predicted molar refractivity (Wildman–Crippen MR) is 109 cm³/mol. The van der Waals surface area contributed by atoms with Gasteiger partial charge in [-0.2, -0.15) is 0 Å². The largest absolute Gasteiger partial charge is 0.465 e. The second-order valence-corrected chi connectivity index (χ2v) is 7.78. The third kappa shape index (κ3) is 8.54. The summed E-state index contributed by atoms with van der Waals surface area (Å²) in [6.45, 7) is 10.7. The molecule has 2 atom stereocenters. The highest BCUT2D eigenvalue weighted by molar-refractivity contribution is 5.95. The van der Waals surface area contributed by atoms with Gasteiger partial charge in [-0.15, -0.1) is 0 Å². The zero-order valence-corrected chi connectivity index (χ0v) is 18.2. The van der Waals surface area contributed by atoms with Crippen LogP contribution in [0.2, 0.25) is 0 Å². The van der Waals surface area contributed by atoms with E-state index in [4.69, 9.17) is 14.2 Å². The van der Waals surface area contributed by atoms with E-state index in [-0.39, 0.29) is 13.2 Å². The maximum atomic E-state index is 12.5. The van der Waals surface area contributed by atoms with Gasteiger partial charge in [0.25, 0.3) is 0 Å². The molecule has 0 saturated carbocycles. The number of alkyl carbamates (subject to hydrolysis) is 1. The molecule has 0 fully saturated rings. The summed E-state index contributed by atoms with van der Waals surface area (Å²) < 4.78 is 15.6. The summed E-state index contributed by atoms with van der Waals surface area (Å²) in [7, 11) is 0. The molecule has 0 saturated heterocycles. The Balaban J connectivity index is 3.15. The van der Waals surface area contributed by atoms with Crippen molar-refractivity contribution in [1.82, 2.24) is 5.32 Å². The molecule has 1 rings (SSSR count). The van der Waals surface area contributed by atoms with Gasteiger partial charge >= 0.3 is 18.0 Å². The molecule has 0 aliphatic carbocycles. The number of benzene rings is 1. The van der Waals surface area contributed by atoms with Crippen molar-refractivity contribution in [1.29, 1.82) is 0 Å². The summed E-state index contributed by atoms with van der Waals surface area (Å²) in [6.07, 6.45) is -0.201. The van der Waals surface area contributed by atoms with Gasteiger partial charge in [-0.05, 0) is 46.6 Å².